The van der Waals surface area contributed by atoms with E-state index >= 15 is 0 Å². The number of fused-ring (bicyclic) bond motifs is 4. The number of unbranched alkanes of at least 4 members (excludes halogenated alkanes) is 6. The van der Waals surface area contributed by atoms with Crippen LogP contribution < -0.4 is 37.3 Å². The average Bonchev–Trinajstić information content (AvgIpc) is 3.09. The third-order valence-electron chi connectivity index (χ3n) is 14.0. The molecule has 0 spiro atoms. The summed E-state index contributed by atoms with van der Waals surface area (Å²) >= 11 is 3.04. The van der Waals surface area contributed by atoms with Crippen molar-refractivity contribution in [3.63, 3.8) is 0 Å². The summed E-state index contributed by atoms with van der Waals surface area (Å²) in [5, 5.41) is 21.2. The molecule has 0 radical (unpaired) electrons. The van der Waals surface area contributed by atoms with Gasteiger partial charge in [-0.25, -0.2) is 19.2 Å². The zero-order valence-corrected chi connectivity index (χ0v) is 55.4. The SMILES string of the molecule is C=CC(=O)OCCCCOCC(O)COC(=O)C(C)Oc1ccc2sc3ccccc3c(=O)c2c1.C=CC(=O)OCCCCOCC1CO1.CC(Oc1ccc2sc3ccccc3c(=O)c2c1)C(=O)O.CCCC[N+](CCCC)(CCCC)CCCC.[Br-]. The van der Waals surface area contributed by atoms with Gasteiger partial charge in [0.05, 0.1) is 59.2 Å². The third-order valence-corrected chi connectivity index (χ3v) is 16.3. The fourth-order valence-electron chi connectivity index (χ4n) is 8.88. The van der Waals surface area contributed by atoms with E-state index in [1.165, 1.54) is 125 Å². The van der Waals surface area contributed by atoms with E-state index in [0.717, 1.165) is 44.3 Å². The van der Waals surface area contributed by atoms with Gasteiger partial charge in [0.2, 0.25) is 0 Å². The molecule has 6 aromatic rings. The fourth-order valence-corrected chi connectivity index (χ4v) is 11.0. The number of carboxylic acid groups (broad SMARTS) is 1. The molecule has 2 aromatic heterocycles. The van der Waals surface area contributed by atoms with Crippen molar-refractivity contribution in [1.82, 2.24) is 0 Å². The van der Waals surface area contributed by atoms with Gasteiger partial charge < -0.3 is 69.6 Å². The molecule has 0 aliphatic carbocycles. The molecule has 1 aliphatic heterocycles. The lowest BCUT2D eigenvalue weighted by Gasteiger charge is -2.39. The van der Waals surface area contributed by atoms with Gasteiger partial charge >= 0.3 is 23.9 Å². The maximum atomic E-state index is 12.8. The highest BCUT2D eigenvalue weighted by Crippen LogP contribution is 2.29. The third kappa shape index (κ3) is 27.7. The lowest BCUT2D eigenvalue weighted by Crippen LogP contribution is -3.00. The monoisotopic (exact) mass is 1320 g/mol. The number of halogens is 1. The molecular weight excluding hydrogens is 1230 g/mol. The summed E-state index contributed by atoms with van der Waals surface area (Å²) < 4.78 is 46.3. The Morgan fingerprint density at radius 3 is 1.41 bits per heavy atom. The van der Waals surface area contributed by atoms with Crippen molar-refractivity contribution in [3.05, 3.63) is 131 Å². The summed E-state index contributed by atoms with van der Waals surface area (Å²) in [6.07, 6.45) is 13.8. The summed E-state index contributed by atoms with van der Waals surface area (Å²) in [5.41, 5.74) is -0.149. The Kier molecular flexibility index (Phi) is 37.0. The molecule has 4 atom stereocenters. The van der Waals surface area contributed by atoms with Gasteiger partial charge in [-0.2, -0.15) is 0 Å². The van der Waals surface area contributed by atoms with Gasteiger partial charge in [0, 0.05) is 65.7 Å². The van der Waals surface area contributed by atoms with Crippen molar-refractivity contribution in [1.29, 1.82) is 0 Å². The zero-order valence-electron chi connectivity index (χ0n) is 52.2. The minimum atomic E-state index is -1.04. The first kappa shape index (κ1) is 76.1. The molecule has 4 aromatic carbocycles. The Morgan fingerprint density at radius 2 is 0.989 bits per heavy atom. The Hall–Kier alpha value is -6.10. The normalized spacial score (nSPS) is 13.4. The zero-order chi connectivity index (χ0) is 63.4. The number of esters is 3. The van der Waals surface area contributed by atoms with Gasteiger partial charge in [0.1, 0.15) is 30.3 Å². The standard InChI is InChI=1S/C26H28O8S.C16H36N.C16H12O4S.C10H16O4.BrH/c1-3-24(28)32-13-7-6-12-31-15-18(27)16-33-26(30)17(2)34-19-10-11-23-21(14-19)25(29)20-8-4-5-9-22(20)35-23;1-5-9-13-17(14-10-6-2,15-11-7-3)16-12-8-4;1-9(16(18)19)20-10-6-7-14-12(8-10)15(17)11-4-2-3-5-13(11)21-14;1-2-10(11)13-6-4-3-5-12-7-9-8-14-9;/h3-5,8-11,14,17-18,27H,1,6-7,12-13,15-16H2,2H3;5-16H2,1-4H3;2-9H,1H3,(H,18,19);2,9H,1,3-8H2;1H/q;+1;;;/p-1. The van der Waals surface area contributed by atoms with E-state index in [1.54, 1.807) is 48.5 Å². The maximum absolute atomic E-state index is 12.8. The molecule has 0 saturated carbocycles. The number of hydrogen-bond donors (Lipinski definition) is 2. The smallest absolute Gasteiger partial charge is 0.347 e. The van der Waals surface area contributed by atoms with Crippen LogP contribution in [-0.2, 0) is 47.6 Å². The average molecular weight is 1320 g/mol. The minimum Gasteiger partial charge on any atom is -1.00 e. The molecule has 4 unspecified atom stereocenters. The van der Waals surface area contributed by atoms with E-state index in [-0.39, 0.29) is 53.6 Å². The number of hydrogen-bond acceptors (Lipinski definition) is 17. The second-order valence-corrected chi connectivity index (χ2v) is 23.4. The summed E-state index contributed by atoms with van der Waals surface area (Å²) in [5.74, 6) is -1.75. The molecule has 1 aliphatic rings. The summed E-state index contributed by atoms with van der Waals surface area (Å²) in [6.45, 7) is 27.7. The van der Waals surface area contributed by atoms with Gasteiger partial charge in [-0.3, -0.25) is 9.59 Å². The van der Waals surface area contributed by atoms with Crippen molar-refractivity contribution in [2.45, 2.75) is 143 Å². The van der Waals surface area contributed by atoms with Crippen LogP contribution in [0.3, 0.4) is 0 Å². The number of aliphatic carboxylic acids is 1. The van der Waals surface area contributed by atoms with Gasteiger partial charge in [-0.05, 0) is 126 Å². The van der Waals surface area contributed by atoms with Crippen LogP contribution in [0.5, 0.6) is 11.5 Å². The number of rotatable bonds is 36. The molecule has 88 heavy (non-hydrogen) atoms. The van der Waals surface area contributed by atoms with Gasteiger partial charge in [0.25, 0.3) is 0 Å². The minimum absolute atomic E-state index is 0. The molecule has 3 heterocycles. The largest absolute Gasteiger partial charge is 1.00 e. The fraction of sp³-hybridized carbons (Fsp3) is 0.500. The number of aliphatic hydroxyl groups is 1. The molecule has 7 rings (SSSR count). The van der Waals surface area contributed by atoms with E-state index in [2.05, 4.69) is 40.9 Å². The molecule has 2 N–H and O–H groups in total. The molecular formula is C68H92BrNO16S2. The number of nitrogens with zero attached hydrogens (tertiary/aromatic N) is 1. The van der Waals surface area contributed by atoms with Gasteiger partial charge in [0.15, 0.2) is 23.1 Å². The number of epoxide rings is 1. The van der Waals surface area contributed by atoms with Crippen molar-refractivity contribution in [3.8, 4) is 11.5 Å². The van der Waals surface area contributed by atoms with Crippen LogP contribution in [0, 0.1) is 0 Å². The van der Waals surface area contributed by atoms with E-state index in [9.17, 15) is 33.9 Å². The van der Waals surface area contributed by atoms with Crippen molar-refractivity contribution < 1.29 is 88.8 Å². The Bertz CT molecular complexity index is 3160. The molecule has 0 amide bonds. The first-order valence-electron chi connectivity index (χ1n) is 30.5. The van der Waals surface area contributed by atoms with Crippen molar-refractivity contribution in [2.75, 3.05) is 79.0 Å². The second-order valence-electron chi connectivity index (χ2n) is 21.2. The highest BCUT2D eigenvalue weighted by atomic mass is 79.9. The molecule has 20 heteroatoms. The summed E-state index contributed by atoms with van der Waals surface area (Å²) in [6, 6.07) is 25.1. The van der Waals surface area contributed by atoms with Crippen LogP contribution in [0.15, 0.2) is 120 Å². The quantitative estimate of drug-likeness (QED) is 0.00711. The highest BCUT2D eigenvalue weighted by molar-refractivity contribution is 7.25. The Labute approximate surface area is 536 Å². The molecule has 1 saturated heterocycles. The number of carboxylic acids is 1. The predicted octanol–water partition coefficient (Wildman–Crippen LogP) is 9.80. The number of aliphatic hydroxyl groups excluding tert-OH is 1. The van der Waals surface area contributed by atoms with Crippen molar-refractivity contribution >= 4 is 86.9 Å². The van der Waals surface area contributed by atoms with Crippen LogP contribution in [-0.4, -0.2) is 142 Å². The van der Waals surface area contributed by atoms with Crippen LogP contribution in [0.2, 0.25) is 0 Å². The van der Waals surface area contributed by atoms with Gasteiger partial charge in [-0.15, -0.1) is 22.7 Å². The summed E-state index contributed by atoms with van der Waals surface area (Å²) in [4.78, 5) is 69.9. The van der Waals surface area contributed by atoms with Crippen LogP contribution in [0.4, 0.5) is 0 Å². The first-order valence-corrected chi connectivity index (χ1v) is 32.2. The van der Waals surface area contributed by atoms with Crippen molar-refractivity contribution in [2.24, 2.45) is 0 Å². The predicted molar refractivity (Wildman–Crippen MR) is 348 cm³/mol. The lowest BCUT2D eigenvalue weighted by molar-refractivity contribution is -0.929. The number of quaternary nitrogens is 1. The van der Waals surface area contributed by atoms with E-state index in [1.807, 2.05) is 36.4 Å². The second kappa shape index (κ2) is 42.8. The van der Waals surface area contributed by atoms with Crippen LogP contribution in [0.25, 0.3) is 40.3 Å². The topological polar surface area (TPSA) is 220 Å². The highest BCUT2D eigenvalue weighted by Gasteiger charge is 2.25. The van der Waals surface area contributed by atoms with Crippen LogP contribution in [0.1, 0.15) is 119 Å². The molecule has 0 bridgehead atoms. The lowest BCUT2D eigenvalue weighted by atomic mass is 10.1. The summed E-state index contributed by atoms with van der Waals surface area (Å²) in [7, 11) is 0. The number of ether oxygens (including phenoxy) is 8. The van der Waals surface area contributed by atoms with Gasteiger partial charge in [-0.1, -0.05) is 90.8 Å². The Balaban J connectivity index is 0.000000328. The number of carbonyl (C=O) groups excluding carboxylic acids is 3. The van der Waals surface area contributed by atoms with E-state index in [4.69, 9.17) is 43.0 Å². The van der Waals surface area contributed by atoms with E-state index in [0.29, 0.717) is 78.4 Å². The molecule has 17 nitrogen and oxygen atoms in total. The Morgan fingerprint density at radius 1 is 0.580 bits per heavy atom. The molecule has 484 valence electrons. The number of benzene rings is 4. The maximum Gasteiger partial charge on any atom is 0.347 e. The first-order chi connectivity index (χ1) is 42.0. The van der Waals surface area contributed by atoms with E-state index < -0.39 is 36.2 Å². The molecule has 1 fully saturated rings. The number of carbonyl (C=O) groups is 4. The van der Waals surface area contributed by atoms with Crippen LogP contribution >= 0.6 is 22.7 Å².